The largest absolute Gasteiger partial charge is 0.497 e. The van der Waals surface area contributed by atoms with Crippen LogP contribution in [0, 0.1) is 5.92 Å². The van der Waals surface area contributed by atoms with Crippen molar-refractivity contribution in [2.24, 2.45) is 5.92 Å². The molecule has 2 aromatic rings. The Kier molecular flexibility index (Phi) is 9.85. The van der Waals surface area contributed by atoms with Crippen molar-refractivity contribution in [1.29, 1.82) is 0 Å². The minimum Gasteiger partial charge on any atom is -0.497 e. The fraction of sp³-hybridized carbons (Fsp3) is 0.531. The van der Waals surface area contributed by atoms with Crippen molar-refractivity contribution in [3.05, 3.63) is 65.2 Å². The highest BCUT2D eigenvalue weighted by atomic mass is 16.5. The Balaban J connectivity index is 1.32. The quantitative estimate of drug-likeness (QED) is 0.441. The highest BCUT2D eigenvalue weighted by molar-refractivity contribution is 6.00. The lowest BCUT2D eigenvalue weighted by atomic mass is 9.80. The first-order chi connectivity index (χ1) is 19.3. The van der Waals surface area contributed by atoms with Crippen LogP contribution in [0.2, 0.25) is 0 Å². The summed E-state index contributed by atoms with van der Waals surface area (Å²) in [6, 6.07) is 14.9. The lowest BCUT2D eigenvalue weighted by molar-refractivity contribution is -0.161. The Hall–Kier alpha value is -3.39. The summed E-state index contributed by atoms with van der Waals surface area (Å²) in [4.78, 5) is 43.8. The van der Waals surface area contributed by atoms with E-state index in [-0.39, 0.29) is 17.7 Å². The van der Waals surface area contributed by atoms with E-state index in [1.807, 2.05) is 53.4 Å². The van der Waals surface area contributed by atoms with E-state index in [0.29, 0.717) is 43.8 Å². The number of hydrogen-bond acceptors (Lipinski definition) is 5. The monoisotopic (exact) mass is 548 g/mol. The van der Waals surface area contributed by atoms with Gasteiger partial charge in [0.25, 0.3) is 5.91 Å². The van der Waals surface area contributed by atoms with Crippen LogP contribution >= 0.6 is 0 Å². The molecule has 0 aromatic heterocycles. The van der Waals surface area contributed by atoms with Gasteiger partial charge in [0.15, 0.2) is 0 Å². The van der Waals surface area contributed by atoms with Crippen LogP contribution in [0.5, 0.6) is 5.75 Å². The second-order valence-electron chi connectivity index (χ2n) is 11.5. The predicted molar refractivity (Wildman–Crippen MR) is 156 cm³/mol. The highest BCUT2D eigenvalue weighted by Gasteiger charge is 2.53. The first kappa shape index (κ1) is 29.6. The van der Waals surface area contributed by atoms with E-state index >= 15 is 0 Å². The van der Waals surface area contributed by atoms with Gasteiger partial charge in [-0.15, -0.1) is 0 Å². The van der Waals surface area contributed by atoms with Crippen molar-refractivity contribution in [3.63, 3.8) is 0 Å². The fourth-order valence-corrected chi connectivity index (χ4v) is 5.77. The maximum Gasteiger partial charge on any atom is 0.251 e. The van der Waals surface area contributed by atoms with Crippen molar-refractivity contribution in [3.8, 4) is 5.75 Å². The number of ether oxygens (including phenoxy) is 1. The number of hydrogen-bond donors (Lipinski definition) is 2. The molecule has 2 saturated heterocycles. The minimum atomic E-state index is -0.748. The highest BCUT2D eigenvalue weighted by Crippen LogP contribution is 2.34. The van der Waals surface area contributed by atoms with Gasteiger partial charge in [-0.05, 0) is 67.0 Å². The third kappa shape index (κ3) is 6.84. The van der Waals surface area contributed by atoms with Gasteiger partial charge in [-0.3, -0.25) is 19.3 Å². The summed E-state index contributed by atoms with van der Waals surface area (Å²) in [5.74, 6) is 1.10. The maximum atomic E-state index is 13.5. The second kappa shape index (κ2) is 13.3. The summed E-state index contributed by atoms with van der Waals surface area (Å²) in [6.07, 6.45) is 3.82. The number of amides is 3. The minimum absolute atomic E-state index is 0.0125. The standard InChI is InChI=1S/C32H44N4O4/c1-5-6-17-36-30(38)28(20-23(2)3)34-31(39)32(36)15-18-35(19-16-32)22-25-7-11-26(12-8-25)29(37)33-21-24-9-13-27(40-4)14-10-24/h7-14,23,28H,5-6,15-22H2,1-4H3,(H,33,37)(H,34,39). The number of likely N-dealkylation sites (tertiary alicyclic amines) is 1. The van der Waals surface area contributed by atoms with Crippen LogP contribution in [0.4, 0.5) is 0 Å². The summed E-state index contributed by atoms with van der Waals surface area (Å²) in [6.45, 7) is 9.59. The van der Waals surface area contributed by atoms with Crippen LogP contribution in [0.15, 0.2) is 48.5 Å². The molecule has 2 aliphatic heterocycles. The zero-order valence-corrected chi connectivity index (χ0v) is 24.4. The Bertz CT molecular complexity index is 1150. The molecule has 0 radical (unpaired) electrons. The molecule has 2 aromatic carbocycles. The van der Waals surface area contributed by atoms with E-state index < -0.39 is 11.6 Å². The maximum absolute atomic E-state index is 13.5. The average Bonchev–Trinajstić information content (AvgIpc) is 2.96. The van der Waals surface area contributed by atoms with Crippen LogP contribution in [0.3, 0.4) is 0 Å². The number of unbranched alkanes of at least 4 members (excludes halogenated alkanes) is 1. The number of benzene rings is 2. The normalized spacial score (nSPS) is 19.1. The zero-order valence-electron chi connectivity index (χ0n) is 24.4. The third-order valence-corrected chi connectivity index (χ3v) is 8.17. The fourth-order valence-electron chi connectivity index (χ4n) is 5.77. The summed E-state index contributed by atoms with van der Waals surface area (Å²) < 4.78 is 5.18. The van der Waals surface area contributed by atoms with Gasteiger partial charge in [0, 0.05) is 38.3 Å². The van der Waals surface area contributed by atoms with Gasteiger partial charge in [-0.2, -0.15) is 0 Å². The number of carbonyl (C=O) groups is 3. The molecule has 216 valence electrons. The van der Waals surface area contributed by atoms with Crippen molar-refractivity contribution in [2.75, 3.05) is 26.7 Å². The second-order valence-corrected chi connectivity index (χ2v) is 11.5. The summed E-state index contributed by atoms with van der Waals surface area (Å²) in [7, 11) is 1.63. The Morgan fingerprint density at radius 3 is 2.30 bits per heavy atom. The zero-order chi connectivity index (χ0) is 28.7. The first-order valence-corrected chi connectivity index (χ1v) is 14.6. The molecule has 2 N–H and O–H groups in total. The van der Waals surface area contributed by atoms with Crippen LogP contribution < -0.4 is 15.4 Å². The topological polar surface area (TPSA) is 91.0 Å². The first-order valence-electron chi connectivity index (χ1n) is 14.6. The molecule has 3 amide bonds. The van der Waals surface area contributed by atoms with E-state index in [1.54, 1.807) is 7.11 Å². The Labute approximate surface area is 238 Å². The van der Waals surface area contributed by atoms with Gasteiger partial charge in [-0.25, -0.2) is 0 Å². The van der Waals surface area contributed by atoms with E-state index in [1.165, 1.54) is 0 Å². The van der Waals surface area contributed by atoms with Crippen LogP contribution in [-0.2, 0) is 22.7 Å². The molecule has 2 aliphatic rings. The summed E-state index contributed by atoms with van der Waals surface area (Å²) in [5.41, 5.74) is 1.99. The molecule has 4 rings (SSSR count). The summed E-state index contributed by atoms with van der Waals surface area (Å²) >= 11 is 0. The van der Waals surface area contributed by atoms with Gasteiger partial charge in [-0.1, -0.05) is 51.5 Å². The van der Waals surface area contributed by atoms with Crippen LogP contribution in [0.1, 0.15) is 74.4 Å². The molecule has 0 aliphatic carbocycles. The van der Waals surface area contributed by atoms with E-state index in [0.717, 1.165) is 49.4 Å². The molecule has 2 fully saturated rings. The number of rotatable bonds is 11. The Morgan fingerprint density at radius 1 is 1.05 bits per heavy atom. The molecular formula is C32H44N4O4. The van der Waals surface area contributed by atoms with Gasteiger partial charge in [0.1, 0.15) is 17.3 Å². The van der Waals surface area contributed by atoms with Crippen LogP contribution in [-0.4, -0.2) is 65.8 Å². The Morgan fingerprint density at radius 2 is 1.70 bits per heavy atom. The number of nitrogens with zero attached hydrogens (tertiary/aromatic N) is 2. The third-order valence-electron chi connectivity index (χ3n) is 8.17. The SMILES string of the molecule is CCCCN1C(=O)C(CC(C)C)NC(=O)C12CCN(Cc1ccc(C(=O)NCc3ccc(OC)cc3)cc1)CC2. The van der Waals surface area contributed by atoms with Crippen molar-refractivity contribution in [2.45, 2.75) is 77.5 Å². The molecule has 8 nitrogen and oxygen atoms in total. The molecule has 2 heterocycles. The van der Waals surface area contributed by atoms with E-state index in [9.17, 15) is 14.4 Å². The smallest absolute Gasteiger partial charge is 0.251 e. The molecule has 0 bridgehead atoms. The van der Waals surface area contributed by atoms with Crippen LogP contribution in [0.25, 0.3) is 0 Å². The molecule has 40 heavy (non-hydrogen) atoms. The number of carbonyl (C=O) groups excluding carboxylic acids is 3. The molecule has 1 atom stereocenters. The average molecular weight is 549 g/mol. The lowest BCUT2D eigenvalue weighted by Crippen LogP contribution is -2.73. The van der Waals surface area contributed by atoms with Crippen molar-refractivity contribution < 1.29 is 19.1 Å². The molecule has 8 heteroatoms. The number of nitrogens with one attached hydrogen (secondary N) is 2. The molecule has 1 spiro atoms. The van der Waals surface area contributed by atoms with Gasteiger partial charge in [0.2, 0.25) is 11.8 Å². The number of piperazine rings is 1. The van der Waals surface area contributed by atoms with Crippen molar-refractivity contribution >= 4 is 17.7 Å². The molecule has 1 unspecified atom stereocenters. The lowest BCUT2D eigenvalue weighted by Gasteiger charge is -2.52. The van der Waals surface area contributed by atoms with Gasteiger partial charge < -0.3 is 20.3 Å². The molecular weight excluding hydrogens is 504 g/mol. The van der Waals surface area contributed by atoms with Gasteiger partial charge in [0.05, 0.1) is 7.11 Å². The number of methoxy groups -OCH3 is 1. The van der Waals surface area contributed by atoms with Gasteiger partial charge >= 0.3 is 0 Å². The summed E-state index contributed by atoms with van der Waals surface area (Å²) in [5, 5.41) is 6.05. The predicted octanol–water partition coefficient (Wildman–Crippen LogP) is 4.13. The van der Waals surface area contributed by atoms with Crippen molar-refractivity contribution in [1.82, 2.24) is 20.4 Å². The van der Waals surface area contributed by atoms with E-state index in [4.69, 9.17) is 4.74 Å². The van der Waals surface area contributed by atoms with E-state index in [2.05, 4.69) is 36.3 Å². The molecule has 0 saturated carbocycles. The number of piperidine rings is 1.